The fourth-order valence-corrected chi connectivity index (χ4v) is 2.57. The van der Waals surface area contributed by atoms with Gasteiger partial charge in [0.05, 0.1) is 12.7 Å². The zero-order valence-electron chi connectivity index (χ0n) is 12.4. The van der Waals surface area contributed by atoms with Crippen molar-refractivity contribution in [1.29, 1.82) is 0 Å². The summed E-state index contributed by atoms with van der Waals surface area (Å²) in [6, 6.07) is 6.87. The van der Waals surface area contributed by atoms with Crippen molar-refractivity contribution < 1.29 is 14.3 Å². The minimum absolute atomic E-state index is 0.140. The molecule has 0 saturated heterocycles. The van der Waals surface area contributed by atoms with Crippen LogP contribution in [-0.2, 0) is 11.3 Å². The van der Waals surface area contributed by atoms with Crippen LogP contribution in [0.5, 0.6) is 0 Å². The van der Waals surface area contributed by atoms with Crippen LogP contribution in [0.1, 0.15) is 41.6 Å². The number of methoxy groups -OCH3 is 1. The molecule has 0 radical (unpaired) electrons. The third kappa shape index (κ3) is 4.77. The maximum atomic E-state index is 11.7. The summed E-state index contributed by atoms with van der Waals surface area (Å²) in [4.78, 5) is 23.0. The number of nitrogens with one attached hydrogen (secondary N) is 2. The van der Waals surface area contributed by atoms with E-state index in [1.165, 1.54) is 32.8 Å². The molecule has 1 fully saturated rings. The molecule has 2 N–H and O–H groups in total. The average Bonchev–Trinajstić information content (AvgIpc) is 3.04. The fraction of sp³-hybridized carbons (Fsp3) is 0.500. The van der Waals surface area contributed by atoms with Gasteiger partial charge < -0.3 is 15.4 Å². The summed E-state index contributed by atoms with van der Waals surface area (Å²) >= 11 is 0. The molecule has 21 heavy (non-hydrogen) atoms. The van der Waals surface area contributed by atoms with E-state index in [2.05, 4.69) is 15.4 Å². The number of hydrogen-bond donors (Lipinski definition) is 2. The molecular formula is C16H22N2O3. The summed E-state index contributed by atoms with van der Waals surface area (Å²) in [6.07, 6.45) is 4.99. The molecule has 0 spiro atoms. The van der Waals surface area contributed by atoms with Gasteiger partial charge in [-0.1, -0.05) is 25.0 Å². The Labute approximate surface area is 125 Å². The van der Waals surface area contributed by atoms with Gasteiger partial charge in [0.1, 0.15) is 0 Å². The second kappa shape index (κ2) is 7.67. The van der Waals surface area contributed by atoms with Crippen molar-refractivity contribution in [3.05, 3.63) is 35.4 Å². The molecule has 1 aromatic carbocycles. The van der Waals surface area contributed by atoms with E-state index < -0.39 is 0 Å². The first-order valence-corrected chi connectivity index (χ1v) is 7.38. The Hall–Kier alpha value is -2.04. The standard InChI is InChI=1S/C16H22N2O3/c1-21-15(19)14-8-6-13(7-9-14)11-18-16(20)17-10-12-4-2-3-5-12/h6-9,12H,2-5,10-11H2,1H3,(H2,17,18,20). The number of ether oxygens (including phenoxy) is 1. The van der Waals surface area contributed by atoms with Gasteiger partial charge in [-0.15, -0.1) is 0 Å². The van der Waals surface area contributed by atoms with Gasteiger partial charge in [-0.3, -0.25) is 0 Å². The minimum atomic E-state index is -0.358. The van der Waals surface area contributed by atoms with Crippen molar-refractivity contribution in [1.82, 2.24) is 10.6 Å². The Morgan fingerprint density at radius 2 is 1.81 bits per heavy atom. The summed E-state index contributed by atoms with van der Waals surface area (Å²) < 4.78 is 4.64. The van der Waals surface area contributed by atoms with E-state index >= 15 is 0 Å². The maximum absolute atomic E-state index is 11.7. The SMILES string of the molecule is COC(=O)c1ccc(CNC(=O)NCC2CCCC2)cc1. The van der Waals surface area contributed by atoms with Crippen LogP contribution in [0.2, 0.25) is 0 Å². The molecule has 0 unspecified atom stereocenters. The molecular weight excluding hydrogens is 268 g/mol. The summed E-state index contributed by atoms with van der Waals surface area (Å²) in [5.41, 5.74) is 1.45. The Balaban J connectivity index is 1.71. The highest BCUT2D eigenvalue weighted by molar-refractivity contribution is 5.89. The number of amides is 2. The molecule has 2 amide bonds. The molecule has 1 aromatic rings. The first-order valence-electron chi connectivity index (χ1n) is 7.38. The zero-order valence-corrected chi connectivity index (χ0v) is 12.4. The second-order valence-electron chi connectivity index (χ2n) is 5.40. The van der Waals surface area contributed by atoms with Crippen LogP contribution in [0.25, 0.3) is 0 Å². The van der Waals surface area contributed by atoms with Crippen molar-refractivity contribution in [3.63, 3.8) is 0 Å². The van der Waals surface area contributed by atoms with Crippen molar-refractivity contribution in [3.8, 4) is 0 Å². The van der Waals surface area contributed by atoms with Gasteiger partial charge in [0.25, 0.3) is 0 Å². The Bertz CT molecular complexity index is 479. The molecule has 0 bridgehead atoms. The van der Waals surface area contributed by atoms with Crippen LogP contribution in [0.15, 0.2) is 24.3 Å². The molecule has 1 aliphatic rings. The van der Waals surface area contributed by atoms with Gasteiger partial charge in [-0.05, 0) is 36.5 Å². The number of carbonyl (C=O) groups is 2. The quantitative estimate of drug-likeness (QED) is 0.819. The molecule has 2 rings (SSSR count). The largest absolute Gasteiger partial charge is 0.465 e. The third-order valence-electron chi connectivity index (χ3n) is 3.85. The van der Waals surface area contributed by atoms with E-state index in [4.69, 9.17) is 0 Å². The molecule has 0 atom stereocenters. The number of urea groups is 1. The molecule has 1 saturated carbocycles. The van der Waals surface area contributed by atoms with Crippen LogP contribution >= 0.6 is 0 Å². The lowest BCUT2D eigenvalue weighted by Crippen LogP contribution is -2.37. The topological polar surface area (TPSA) is 67.4 Å². The first kappa shape index (κ1) is 15.4. The molecule has 114 valence electrons. The molecule has 1 aliphatic carbocycles. The van der Waals surface area contributed by atoms with Gasteiger partial charge >= 0.3 is 12.0 Å². The van der Waals surface area contributed by atoms with Gasteiger partial charge in [0.15, 0.2) is 0 Å². The fourth-order valence-electron chi connectivity index (χ4n) is 2.57. The maximum Gasteiger partial charge on any atom is 0.337 e. The number of carbonyl (C=O) groups excluding carboxylic acids is 2. The molecule has 5 heteroatoms. The molecule has 0 aliphatic heterocycles. The van der Waals surface area contributed by atoms with Crippen molar-refractivity contribution in [2.45, 2.75) is 32.2 Å². The predicted octanol–water partition coefficient (Wildman–Crippen LogP) is 2.46. The average molecular weight is 290 g/mol. The van der Waals surface area contributed by atoms with Gasteiger partial charge in [0.2, 0.25) is 0 Å². The molecule has 0 aromatic heterocycles. The summed E-state index contributed by atoms with van der Waals surface area (Å²) in [7, 11) is 1.35. The van der Waals surface area contributed by atoms with E-state index in [1.54, 1.807) is 12.1 Å². The van der Waals surface area contributed by atoms with Gasteiger partial charge in [0, 0.05) is 13.1 Å². The van der Waals surface area contributed by atoms with Crippen LogP contribution in [0.4, 0.5) is 4.79 Å². The number of rotatable bonds is 5. The van der Waals surface area contributed by atoms with E-state index in [0.717, 1.165) is 12.1 Å². The minimum Gasteiger partial charge on any atom is -0.465 e. The molecule has 0 heterocycles. The van der Waals surface area contributed by atoms with Crippen LogP contribution in [0.3, 0.4) is 0 Å². The van der Waals surface area contributed by atoms with Crippen molar-refractivity contribution in [2.75, 3.05) is 13.7 Å². The summed E-state index contributed by atoms with van der Waals surface area (Å²) in [5.74, 6) is 0.277. The summed E-state index contributed by atoms with van der Waals surface area (Å²) in [5, 5.41) is 5.73. The smallest absolute Gasteiger partial charge is 0.337 e. The highest BCUT2D eigenvalue weighted by Gasteiger charge is 2.15. The van der Waals surface area contributed by atoms with E-state index in [0.29, 0.717) is 18.0 Å². The van der Waals surface area contributed by atoms with Crippen molar-refractivity contribution in [2.24, 2.45) is 5.92 Å². The van der Waals surface area contributed by atoms with E-state index in [-0.39, 0.29) is 12.0 Å². The Kier molecular flexibility index (Phi) is 5.60. The lowest BCUT2D eigenvalue weighted by atomic mass is 10.1. The van der Waals surface area contributed by atoms with Gasteiger partial charge in [-0.2, -0.15) is 0 Å². The number of benzene rings is 1. The van der Waals surface area contributed by atoms with Crippen molar-refractivity contribution >= 4 is 12.0 Å². The Morgan fingerprint density at radius 1 is 1.14 bits per heavy atom. The van der Waals surface area contributed by atoms with Gasteiger partial charge in [-0.25, -0.2) is 9.59 Å². The first-order chi connectivity index (χ1) is 10.2. The van der Waals surface area contributed by atoms with E-state index in [9.17, 15) is 9.59 Å². The zero-order chi connectivity index (χ0) is 15.1. The highest BCUT2D eigenvalue weighted by Crippen LogP contribution is 2.23. The monoisotopic (exact) mass is 290 g/mol. The van der Waals surface area contributed by atoms with E-state index in [1.807, 2.05) is 12.1 Å². The van der Waals surface area contributed by atoms with Crippen LogP contribution in [-0.4, -0.2) is 25.7 Å². The highest BCUT2D eigenvalue weighted by atomic mass is 16.5. The molecule has 5 nitrogen and oxygen atoms in total. The normalized spacial score (nSPS) is 14.7. The van der Waals surface area contributed by atoms with Crippen LogP contribution < -0.4 is 10.6 Å². The third-order valence-corrected chi connectivity index (χ3v) is 3.85. The number of esters is 1. The second-order valence-corrected chi connectivity index (χ2v) is 5.40. The summed E-state index contributed by atoms with van der Waals surface area (Å²) in [6.45, 7) is 1.20. The lowest BCUT2D eigenvalue weighted by molar-refractivity contribution is 0.0600. The Morgan fingerprint density at radius 3 is 2.43 bits per heavy atom. The predicted molar refractivity (Wildman–Crippen MR) is 80.0 cm³/mol. The van der Waals surface area contributed by atoms with Crippen LogP contribution in [0, 0.1) is 5.92 Å². The number of hydrogen-bond acceptors (Lipinski definition) is 3. The lowest BCUT2D eigenvalue weighted by Gasteiger charge is -2.11.